The average Bonchev–Trinajstić information content (AvgIpc) is 1.62. The topological polar surface area (TPSA) is 34.0 Å². The SMILES string of the molecule is C1=NCN=CCOC1. The Balaban J connectivity index is 2.31. The van der Waals surface area contributed by atoms with Gasteiger partial charge in [0.1, 0.15) is 6.67 Å². The molecule has 0 unspecified atom stereocenters. The molecule has 1 aliphatic rings. The fraction of sp³-hybridized carbons (Fsp3) is 0.600. The minimum absolute atomic E-state index is 0.559. The molecule has 0 fully saturated rings. The average molecular weight is 112 g/mol. The Morgan fingerprint density at radius 3 is 2.38 bits per heavy atom. The van der Waals surface area contributed by atoms with Crippen LogP contribution in [0.2, 0.25) is 0 Å². The van der Waals surface area contributed by atoms with E-state index in [1.807, 2.05) is 0 Å². The third kappa shape index (κ3) is 1.84. The first-order valence-electron chi connectivity index (χ1n) is 2.54. The monoisotopic (exact) mass is 112 g/mol. The molecule has 0 aromatic rings. The Morgan fingerprint density at radius 2 is 1.75 bits per heavy atom. The molecule has 0 atom stereocenters. The van der Waals surface area contributed by atoms with E-state index < -0.39 is 0 Å². The zero-order valence-corrected chi connectivity index (χ0v) is 4.58. The van der Waals surface area contributed by atoms with Crippen molar-refractivity contribution in [2.24, 2.45) is 9.98 Å². The van der Waals surface area contributed by atoms with Crippen molar-refractivity contribution in [1.82, 2.24) is 0 Å². The molecule has 0 N–H and O–H groups in total. The molecule has 1 aliphatic heterocycles. The van der Waals surface area contributed by atoms with Gasteiger partial charge in [-0.3, -0.25) is 9.98 Å². The number of ether oxygens (including phenoxy) is 1. The molecule has 0 aromatic heterocycles. The van der Waals surface area contributed by atoms with Gasteiger partial charge in [-0.15, -0.1) is 0 Å². The lowest BCUT2D eigenvalue weighted by Gasteiger charge is -1.95. The number of hydrogen-bond acceptors (Lipinski definition) is 3. The van der Waals surface area contributed by atoms with Crippen LogP contribution in [0.15, 0.2) is 9.98 Å². The maximum Gasteiger partial charge on any atom is 0.128 e. The van der Waals surface area contributed by atoms with Gasteiger partial charge in [-0.05, 0) is 0 Å². The molecule has 0 spiro atoms. The van der Waals surface area contributed by atoms with Crippen molar-refractivity contribution in [2.45, 2.75) is 0 Å². The quantitative estimate of drug-likeness (QED) is 0.438. The van der Waals surface area contributed by atoms with E-state index in [0.717, 1.165) is 0 Å². The zero-order chi connectivity index (χ0) is 5.66. The van der Waals surface area contributed by atoms with E-state index in [1.54, 1.807) is 12.4 Å². The lowest BCUT2D eigenvalue weighted by atomic mass is 10.7. The van der Waals surface area contributed by atoms with Crippen molar-refractivity contribution >= 4 is 12.4 Å². The molecule has 0 radical (unpaired) electrons. The highest BCUT2D eigenvalue weighted by Gasteiger charge is 1.82. The molecule has 8 heavy (non-hydrogen) atoms. The van der Waals surface area contributed by atoms with Crippen molar-refractivity contribution < 1.29 is 4.74 Å². The largest absolute Gasteiger partial charge is 0.370 e. The molecule has 3 heteroatoms. The van der Waals surface area contributed by atoms with E-state index in [9.17, 15) is 0 Å². The van der Waals surface area contributed by atoms with Gasteiger partial charge in [-0.25, -0.2) is 0 Å². The van der Waals surface area contributed by atoms with Crippen LogP contribution in [0, 0.1) is 0 Å². The summed E-state index contributed by atoms with van der Waals surface area (Å²) >= 11 is 0. The summed E-state index contributed by atoms with van der Waals surface area (Å²) in [6.45, 7) is 1.79. The molecule has 44 valence electrons. The number of hydrogen-bond donors (Lipinski definition) is 0. The van der Waals surface area contributed by atoms with Crippen LogP contribution < -0.4 is 0 Å². The van der Waals surface area contributed by atoms with Crippen molar-refractivity contribution in [3.63, 3.8) is 0 Å². The Kier molecular flexibility index (Phi) is 2.26. The van der Waals surface area contributed by atoms with Gasteiger partial charge in [0.2, 0.25) is 0 Å². The smallest absolute Gasteiger partial charge is 0.128 e. The highest BCUT2D eigenvalue weighted by atomic mass is 16.5. The fourth-order valence-electron chi connectivity index (χ4n) is 0.441. The van der Waals surface area contributed by atoms with Crippen LogP contribution in [-0.2, 0) is 4.74 Å². The standard InChI is InChI=1S/C5H8N2O/c1-3-8-4-2-7-5-6-1/h1-2H,3-5H2. The molecule has 0 aromatic carbocycles. The highest BCUT2D eigenvalue weighted by molar-refractivity contribution is 5.62. The summed E-state index contributed by atoms with van der Waals surface area (Å²) in [7, 11) is 0. The maximum atomic E-state index is 4.98. The first kappa shape index (κ1) is 5.44. The van der Waals surface area contributed by atoms with E-state index >= 15 is 0 Å². The van der Waals surface area contributed by atoms with Crippen LogP contribution in [0.25, 0.3) is 0 Å². The number of nitrogens with zero attached hydrogens (tertiary/aromatic N) is 2. The molecule has 1 rings (SSSR count). The summed E-state index contributed by atoms with van der Waals surface area (Å²) in [5.74, 6) is 0. The Morgan fingerprint density at radius 1 is 1.12 bits per heavy atom. The lowest BCUT2D eigenvalue weighted by Crippen LogP contribution is -2.01. The third-order valence-electron chi connectivity index (χ3n) is 0.806. The maximum absolute atomic E-state index is 4.98. The molecular weight excluding hydrogens is 104 g/mol. The van der Waals surface area contributed by atoms with Gasteiger partial charge >= 0.3 is 0 Å². The van der Waals surface area contributed by atoms with Crippen molar-refractivity contribution in [1.29, 1.82) is 0 Å². The third-order valence-corrected chi connectivity index (χ3v) is 0.806. The van der Waals surface area contributed by atoms with Crippen LogP contribution in [0.5, 0.6) is 0 Å². The summed E-state index contributed by atoms with van der Waals surface area (Å²) in [4.78, 5) is 7.77. The molecule has 1 heterocycles. The molecular formula is C5H8N2O. The number of rotatable bonds is 0. The van der Waals surface area contributed by atoms with Gasteiger partial charge in [0.05, 0.1) is 13.2 Å². The molecule has 3 nitrogen and oxygen atoms in total. The predicted molar refractivity (Wildman–Crippen MR) is 32.7 cm³/mol. The summed E-state index contributed by atoms with van der Waals surface area (Å²) < 4.78 is 4.98. The van der Waals surface area contributed by atoms with Crippen LogP contribution in [0.3, 0.4) is 0 Å². The van der Waals surface area contributed by atoms with Crippen LogP contribution in [0.1, 0.15) is 0 Å². The van der Waals surface area contributed by atoms with Gasteiger partial charge in [0.25, 0.3) is 0 Å². The van der Waals surface area contributed by atoms with E-state index in [1.165, 1.54) is 0 Å². The Labute approximate surface area is 48.1 Å². The van der Waals surface area contributed by atoms with Crippen LogP contribution >= 0.6 is 0 Å². The summed E-state index contributed by atoms with van der Waals surface area (Å²) in [5, 5.41) is 0. The lowest BCUT2D eigenvalue weighted by molar-refractivity contribution is 0.219. The molecule has 0 aliphatic carbocycles. The number of aliphatic imine (C=N–C) groups is 2. The second-order valence-corrected chi connectivity index (χ2v) is 1.41. The predicted octanol–water partition coefficient (Wildman–Crippen LogP) is 0.116. The Hall–Kier alpha value is -0.700. The molecule has 0 saturated carbocycles. The van der Waals surface area contributed by atoms with Gasteiger partial charge in [-0.2, -0.15) is 0 Å². The van der Waals surface area contributed by atoms with E-state index in [0.29, 0.717) is 19.9 Å². The van der Waals surface area contributed by atoms with E-state index in [-0.39, 0.29) is 0 Å². The summed E-state index contributed by atoms with van der Waals surface area (Å²) in [5.41, 5.74) is 0. The summed E-state index contributed by atoms with van der Waals surface area (Å²) in [6, 6.07) is 0. The second-order valence-electron chi connectivity index (χ2n) is 1.41. The van der Waals surface area contributed by atoms with Gasteiger partial charge in [0, 0.05) is 12.4 Å². The van der Waals surface area contributed by atoms with Gasteiger partial charge in [0.15, 0.2) is 0 Å². The van der Waals surface area contributed by atoms with Crippen LogP contribution in [0.4, 0.5) is 0 Å². The normalized spacial score (nSPS) is 20.0. The van der Waals surface area contributed by atoms with Gasteiger partial charge < -0.3 is 4.74 Å². The molecule has 0 saturated heterocycles. The zero-order valence-electron chi connectivity index (χ0n) is 4.58. The van der Waals surface area contributed by atoms with Crippen molar-refractivity contribution in [2.75, 3.05) is 19.9 Å². The minimum atomic E-state index is 0.559. The van der Waals surface area contributed by atoms with E-state index in [4.69, 9.17) is 4.74 Å². The van der Waals surface area contributed by atoms with Gasteiger partial charge in [-0.1, -0.05) is 0 Å². The molecule has 0 amide bonds. The first-order valence-corrected chi connectivity index (χ1v) is 2.54. The van der Waals surface area contributed by atoms with Crippen molar-refractivity contribution in [3.8, 4) is 0 Å². The summed E-state index contributed by atoms with van der Waals surface area (Å²) in [6.07, 6.45) is 3.47. The van der Waals surface area contributed by atoms with Crippen LogP contribution in [-0.4, -0.2) is 32.3 Å². The second kappa shape index (κ2) is 3.32. The highest BCUT2D eigenvalue weighted by Crippen LogP contribution is 1.77. The Bertz CT molecular complexity index is 97.0. The molecule has 0 bridgehead atoms. The minimum Gasteiger partial charge on any atom is -0.370 e. The fourth-order valence-corrected chi connectivity index (χ4v) is 0.441. The van der Waals surface area contributed by atoms with Crippen molar-refractivity contribution in [3.05, 3.63) is 0 Å². The van der Waals surface area contributed by atoms with E-state index in [2.05, 4.69) is 9.98 Å². The first-order chi connectivity index (χ1) is 4.00.